The Balaban J connectivity index is 0.000000254. The maximum Gasteiger partial charge on any atom is 0.224 e. The first-order chi connectivity index (χ1) is 11.2. The molecule has 0 aliphatic heterocycles. The fourth-order valence-corrected chi connectivity index (χ4v) is 2.87. The summed E-state index contributed by atoms with van der Waals surface area (Å²) < 4.78 is 1.98. The predicted octanol–water partition coefficient (Wildman–Crippen LogP) is 6.27. The Hall–Kier alpha value is -0.970. The van der Waals surface area contributed by atoms with Crippen LogP contribution >= 0.6 is 43.5 Å². The van der Waals surface area contributed by atoms with Gasteiger partial charge in [0.25, 0.3) is 0 Å². The van der Waals surface area contributed by atoms with Crippen molar-refractivity contribution in [3.05, 3.63) is 67.6 Å². The van der Waals surface area contributed by atoms with Gasteiger partial charge in [0.15, 0.2) is 0 Å². The van der Waals surface area contributed by atoms with Crippen LogP contribution in [-0.4, -0.2) is 11.5 Å². The van der Waals surface area contributed by atoms with Crippen LogP contribution in [-0.2, 0) is 11.2 Å². The number of hydrogen-bond acceptors (Lipinski definition) is 2. The Bertz CT molecular complexity index is 729. The predicted molar refractivity (Wildman–Crippen MR) is 107 cm³/mol. The van der Waals surface area contributed by atoms with Crippen LogP contribution in [0.2, 0.25) is 0 Å². The van der Waals surface area contributed by atoms with Crippen LogP contribution in [0.25, 0.3) is 0 Å². The van der Waals surface area contributed by atoms with Gasteiger partial charge in [-0.1, -0.05) is 50.9 Å². The summed E-state index contributed by atoms with van der Waals surface area (Å²) in [4.78, 5) is 21.3. The lowest BCUT2D eigenvalue weighted by molar-refractivity contribution is -0.114. The zero-order valence-electron chi connectivity index (χ0n) is 13.8. The lowest BCUT2D eigenvalue weighted by atomic mass is 9.98. The molecule has 5 heteroatoms. The monoisotopic (exact) mass is 472 g/mol. The van der Waals surface area contributed by atoms with E-state index >= 15 is 0 Å². The van der Waals surface area contributed by atoms with Gasteiger partial charge in [-0.05, 0) is 72.8 Å². The van der Waals surface area contributed by atoms with Gasteiger partial charge in [-0.25, -0.2) is 0 Å². The molecule has 0 radical (unpaired) electrons. The van der Waals surface area contributed by atoms with Gasteiger partial charge in [-0.3, -0.25) is 9.59 Å². The highest BCUT2D eigenvalue weighted by atomic mass is 79.9. The molecular weight excluding hydrogens is 455 g/mol. The van der Waals surface area contributed by atoms with Crippen LogP contribution in [0.3, 0.4) is 0 Å². The van der Waals surface area contributed by atoms with Crippen molar-refractivity contribution < 1.29 is 9.59 Å². The SMILES string of the molecule is Cc1ccc(Br)cc1C=O.Cc1ccc(Br)cc1CC(C)C(=O)Cl. The average molecular weight is 475 g/mol. The van der Waals surface area contributed by atoms with E-state index in [0.717, 1.165) is 26.4 Å². The third-order valence-corrected chi connectivity index (χ3v) is 4.95. The fraction of sp³-hybridized carbons (Fsp3) is 0.263. The van der Waals surface area contributed by atoms with Crippen molar-refractivity contribution in [3.8, 4) is 0 Å². The summed E-state index contributed by atoms with van der Waals surface area (Å²) in [6.07, 6.45) is 1.56. The highest BCUT2D eigenvalue weighted by Gasteiger charge is 2.12. The number of aryl methyl sites for hydroxylation is 2. The van der Waals surface area contributed by atoms with Gasteiger partial charge < -0.3 is 0 Å². The van der Waals surface area contributed by atoms with Crippen LogP contribution in [0, 0.1) is 19.8 Å². The Morgan fingerprint density at radius 3 is 2.12 bits per heavy atom. The minimum Gasteiger partial charge on any atom is -0.298 e. The maximum atomic E-state index is 10.9. The van der Waals surface area contributed by atoms with Crippen molar-refractivity contribution in [2.75, 3.05) is 0 Å². The van der Waals surface area contributed by atoms with Gasteiger partial charge in [-0.15, -0.1) is 0 Å². The second-order valence-electron chi connectivity index (χ2n) is 5.60. The summed E-state index contributed by atoms with van der Waals surface area (Å²) in [5, 5.41) is -0.274. The van der Waals surface area contributed by atoms with E-state index in [2.05, 4.69) is 31.9 Å². The number of rotatable bonds is 4. The number of carbonyl (C=O) groups excluding carboxylic acids is 2. The van der Waals surface area contributed by atoms with Crippen LogP contribution in [0.5, 0.6) is 0 Å². The minimum atomic E-state index is -0.274. The van der Waals surface area contributed by atoms with Crippen molar-refractivity contribution in [3.63, 3.8) is 0 Å². The molecule has 24 heavy (non-hydrogen) atoms. The summed E-state index contributed by atoms with van der Waals surface area (Å²) in [5.41, 5.74) is 4.12. The third kappa shape index (κ3) is 6.88. The Labute approximate surface area is 164 Å². The van der Waals surface area contributed by atoms with E-state index in [4.69, 9.17) is 11.6 Å². The smallest absolute Gasteiger partial charge is 0.224 e. The highest BCUT2D eigenvalue weighted by molar-refractivity contribution is 9.10. The molecule has 0 heterocycles. The number of benzene rings is 2. The maximum absolute atomic E-state index is 10.9. The van der Waals surface area contributed by atoms with Crippen LogP contribution in [0.15, 0.2) is 45.3 Å². The molecule has 1 atom stereocenters. The lowest BCUT2D eigenvalue weighted by Gasteiger charge is -2.09. The fourth-order valence-electron chi connectivity index (χ4n) is 2.01. The summed E-state index contributed by atoms with van der Waals surface area (Å²) in [6.45, 7) is 5.79. The van der Waals surface area contributed by atoms with E-state index in [0.29, 0.717) is 6.42 Å². The molecule has 0 spiro atoms. The number of aldehydes is 1. The van der Waals surface area contributed by atoms with E-state index in [-0.39, 0.29) is 11.2 Å². The minimum absolute atomic E-state index is 0.121. The highest BCUT2D eigenvalue weighted by Crippen LogP contribution is 2.20. The molecule has 0 N–H and O–H groups in total. The van der Waals surface area contributed by atoms with Gasteiger partial charge in [0.1, 0.15) is 6.29 Å². The molecule has 1 unspecified atom stereocenters. The normalized spacial score (nSPS) is 11.2. The molecule has 0 bridgehead atoms. The summed E-state index contributed by atoms with van der Waals surface area (Å²) in [7, 11) is 0. The van der Waals surface area contributed by atoms with E-state index in [1.807, 2.05) is 57.2 Å². The van der Waals surface area contributed by atoms with E-state index in [1.54, 1.807) is 0 Å². The number of carbonyl (C=O) groups is 2. The summed E-state index contributed by atoms with van der Waals surface area (Å²) >= 11 is 12.1. The quantitative estimate of drug-likeness (QED) is 0.387. The van der Waals surface area contributed by atoms with Gasteiger partial charge in [0, 0.05) is 20.4 Å². The van der Waals surface area contributed by atoms with Gasteiger partial charge >= 0.3 is 0 Å². The Kier molecular flexibility index (Phi) is 8.88. The van der Waals surface area contributed by atoms with Gasteiger partial charge in [-0.2, -0.15) is 0 Å². The molecule has 0 aliphatic rings. The van der Waals surface area contributed by atoms with E-state index in [1.165, 1.54) is 11.1 Å². The molecule has 2 aromatic rings. The molecule has 128 valence electrons. The number of hydrogen-bond donors (Lipinski definition) is 0. The lowest BCUT2D eigenvalue weighted by Crippen LogP contribution is -2.08. The van der Waals surface area contributed by atoms with E-state index < -0.39 is 0 Å². The molecule has 0 aromatic heterocycles. The van der Waals surface area contributed by atoms with E-state index in [9.17, 15) is 9.59 Å². The first-order valence-corrected chi connectivity index (χ1v) is 9.36. The summed E-state index contributed by atoms with van der Waals surface area (Å²) in [6, 6.07) is 11.7. The van der Waals surface area contributed by atoms with Crippen molar-refractivity contribution in [2.24, 2.45) is 5.92 Å². The second kappa shape index (κ2) is 10.1. The largest absolute Gasteiger partial charge is 0.298 e. The van der Waals surface area contributed by atoms with Crippen molar-refractivity contribution in [2.45, 2.75) is 27.2 Å². The third-order valence-electron chi connectivity index (χ3n) is 3.59. The molecule has 2 rings (SSSR count). The zero-order valence-corrected chi connectivity index (χ0v) is 17.7. The van der Waals surface area contributed by atoms with Gasteiger partial charge in [0.2, 0.25) is 5.24 Å². The molecule has 0 fully saturated rings. The van der Waals surface area contributed by atoms with Crippen LogP contribution < -0.4 is 0 Å². The van der Waals surface area contributed by atoms with Crippen molar-refractivity contribution in [1.82, 2.24) is 0 Å². The average Bonchev–Trinajstić information content (AvgIpc) is 2.53. The molecule has 0 aliphatic carbocycles. The molecular formula is C19H19Br2ClO2. The molecule has 0 saturated heterocycles. The molecule has 0 saturated carbocycles. The Morgan fingerprint density at radius 2 is 1.62 bits per heavy atom. The van der Waals surface area contributed by atoms with Crippen molar-refractivity contribution >= 4 is 55.0 Å². The van der Waals surface area contributed by atoms with Crippen LogP contribution in [0.1, 0.15) is 34.0 Å². The topological polar surface area (TPSA) is 34.1 Å². The van der Waals surface area contributed by atoms with Gasteiger partial charge in [0.05, 0.1) is 0 Å². The number of halogens is 3. The first-order valence-electron chi connectivity index (χ1n) is 7.40. The Morgan fingerprint density at radius 1 is 1.08 bits per heavy atom. The zero-order chi connectivity index (χ0) is 18.3. The summed E-state index contributed by atoms with van der Waals surface area (Å²) in [5.74, 6) is -0.121. The second-order valence-corrected chi connectivity index (χ2v) is 7.80. The standard InChI is InChI=1S/C11H12BrClO.C8H7BrO/c1-7-3-4-10(12)6-9(7)5-8(2)11(13)14;1-6-2-3-8(9)4-7(6)5-10/h3-4,6,8H,5H2,1-2H3;2-5H,1H3. The first kappa shape index (κ1) is 21.1. The molecule has 0 amide bonds. The van der Waals surface area contributed by atoms with Crippen LogP contribution in [0.4, 0.5) is 0 Å². The van der Waals surface area contributed by atoms with Crippen molar-refractivity contribution in [1.29, 1.82) is 0 Å². The molecule has 2 aromatic carbocycles. The molecule has 2 nitrogen and oxygen atoms in total.